The van der Waals surface area contributed by atoms with Crippen molar-refractivity contribution in [1.82, 2.24) is 4.98 Å². The van der Waals surface area contributed by atoms with Crippen molar-refractivity contribution < 1.29 is 0 Å². The van der Waals surface area contributed by atoms with Gasteiger partial charge in [-0.2, -0.15) is 0 Å². The molecule has 0 saturated carbocycles. The van der Waals surface area contributed by atoms with E-state index in [1.165, 1.54) is 17.1 Å². The molecule has 1 heterocycles. The topological polar surface area (TPSA) is 12.9 Å². The lowest BCUT2D eigenvalue weighted by Crippen LogP contribution is -1.90. The summed E-state index contributed by atoms with van der Waals surface area (Å²) >= 11 is 1.74. The molecule has 0 aliphatic heterocycles. The monoisotopic (exact) mass is 185 g/mol. The van der Waals surface area contributed by atoms with Crippen LogP contribution in [-0.4, -0.2) is 4.98 Å². The molecular weight excluding hydrogens is 166 g/mol. The normalized spacial score (nSPS) is 11.8. The van der Waals surface area contributed by atoms with Crippen LogP contribution in [0.25, 0.3) is 0 Å². The number of nitrogens with zero attached hydrogens (tertiary/aromatic N) is 1. The molecule has 1 unspecified atom stereocenters. The van der Waals surface area contributed by atoms with Crippen LogP contribution in [0.3, 0.4) is 0 Å². The lowest BCUT2D eigenvalue weighted by atomic mass is 10.1. The molecule has 0 spiro atoms. The summed E-state index contributed by atoms with van der Waals surface area (Å²) in [5.41, 5.74) is 1.25. The van der Waals surface area contributed by atoms with E-state index < -0.39 is 0 Å². The fraction of sp³-hybridized carbons (Fsp3) is 0.700. The Morgan fingerprint density at radius 3 is 2.42 bits per heavy atom. The molecule has 1 atom stereocenters. The minimum atomic E-state index is 0.630. The maximum Gasteiger partial charge on any atom is 0.0897 e. The molecule has 0 radical (unpaired) electrons. The van der Waals surface area contributed by atoms with E-state index in [1.54, 1.807) is 11.3 Å². The van der Waals surface area contributed by atoms with Crippen molar-refractivity contribution in [2.24, 2.45) is 0 Å². The zero-order chi connectivity index (χ0) is 9.56. The van der Waals surface area contributed by atoms with Gasteiger partial charge in [-0.15, -0.1) is 11.3 Å². The third kappa shape index (κ3) is 3.35. The minimum Gasteiger partial charge on any atom is -0.246 e. The lowest BCUT2D eigenvalue weighted by Gasteiger charge is -2.01. The van der Waals surface area contributed by atoms with E-state index in [-0.39, 0.29) is 0 Å². The largest absolute Gasteiger partial charge is 0.246 e. The van der Waals surface area contributed by atoms with Gasteiger partial charge in [-0.1, -0.05) is 27.7 Å². The Balaban J connectivity index is 0.000000561. The number of aromatic nitrogens is 1. The first-order chi connectivity index (χ1) is 5.74. The predicted octanol–water partition coefficient (Wildman–Crippen LogP) is 3.99. The Bertz CT molecular complexity index is 205. The van der Waals surface area contributed by atoms with Crippen molar-refractivity contribution in [3.05, 3.63) is 16.1 Å². The highest BCUT2D eigenvalue weighted by Crippen LogP contribution is 2.19. The van der Waals surface area contributed by atoms with Crippen LogP contribution >= 0.6 is 11.3 Å². The summed E-state index contributed by atoms with van der Waals surface area (Å²) in [6.07, 6.45) is 1.18. The molecule has 0 saturated heterocycles. The maximum absolute atomic E-state index is 4.40. The molecule has 0 bridgehead atoms. The third-order valence-corrected chi connectivity index (χ3v) is 2.55. The minimum absolute atomic E-state index is 0.630. The molecule has 0 aromatic carbocycles. The highest BCUT2D eigenvalue weighted by molar-refractivity contribution is 7.09. The molecule has 1 rings (SSSR count). The number of hydrogen-bond acceptors (Lipinski definition) is 2. The van der Waals surface area contributed by atoms with E-state index in [4.69, 9.17) is 0 Å². The smallest absolute Gasteiger partial charge is 0.0897 e. The van der Waals surface area contributed by atoms with Crippen molar-refractivity contribution >= 4 is 11.3 Å². The Kier molecular flexibility index (Phi) is 5.99. The van der Waals surface area contributed by atoms with Crippen LogP contribution in [0.1, 0.15) is 50.7 Å². The van der Waals surface area contributed by atoms with E-state index in [1.807, 2.05) is 13.8 Å². The van der Waals surface area contributed by atoms with Gasteiger partial charge in [-0.25, -0.2) is 4.98 Å². The van der Waals surface area contributed by atoms with Gasteiger partial charge in [-0.3, -0.25) is 0 Å². The number of thiazole rings is 1. The molecule has 1 nitrogen and oxygen atoms in total. The van der Waals surface area contributed by atoms with Gasteiger partial charge in [0.2, 0.25) is 0 Å². The first-order valence-electron chi connectivity index (χ1n) is 4.66. The molecule has 1 aromatic rings. The second kappa shape index (κ2) is 6.18. The van der Waals surface area contributed by atoms with Gasteiger partial charge in [0.25, 0.3) is 0 Å². The van der Waals surface area contributed by atoms with E-state index in [2.05, 4.69) is 31.1 Å². The molecule has 0 amide bonds. The van der Waals surface area contributed by atoms with Crippen molar-refractivity contribution in [2.45, 2.75) is 47.0 Å². The number of rotatable bonds is 2. The average molecular weight is 185 g/mol. The van der Waals surface area contributed by atoms with Crippen molar-refractivity contribution in [3.63, 3.8) is 0 Å². The fourth-order valence-corrected chi connectivity index (χ4v) is 1.55. The molecule has 0 N–H and O–H groups in total. The van der Waals surface area contributed by atoms with Gasteiger partial charge >= 0.3 is 0 Å². The fourth-order valence-electron chi connectivity index (χ4n) is 0.816. The van der Waals surface area contributed by atoms with Crippen LogP contribution < -0.4 is 0 Å². The molecular formula is C10H19NS. The first kappa shape index (κ1) is 11.6. The lowest BCUT2D eigenvalue weighted by molar-refractivity contribution is 0.712. The predicted molar refractivity (Wildman–Crippen MR) is 56.9 cm³/mol. The molecule has 70 valence electrons. The van der Waals surface area contributed by atoms with Crippen molar-refractivity contribution in [2.75, 3.05) is 0 Å². The second-order valence-corrected chi connectivity index (χ2v) is 3.66. The summed E-state index contributed by atoms with van der Waals surface area (Å²) in [6.45, 7) is 10.5. The van der Waals surface area contributed by atoms with Crippen LogP contribution in [0, 0.1) is 6.92 Å². The number of hydrogen-bond donors (Lipinski definition) is 0. The van der Waals surface area contributed by atoms with E-state index in [0.717, 1.165) is 0 Å². The summed E-state index contributed by atoms with van der Waals surface area (Å²) in [6, 6.07) is 0. The quantitative estimate of drug-likeness (QED) is 0.679. The zero-order valence-electron chi connectivity index (χ0n) is 8.72. The van der Waals surface area contributed by atoms with Gasteiger partial charge in [0.05, 0.1) is 10.7 Å². The van der Waals surface area contributed by atoms with Crippen LogP contribution in [0.2, 0.25) is 0 Å². The Morgan fingerprint density at radius 1 is 1.50 bits per heavy atom. The highest BCUT2D eigenvalue weighted by atomic mass is 32.1. The van der Waals surface area contributed by atoms with Gasteiger partial charge in [0.1, 0.15) is 0 Å². The van der Waals surface area contributed by atoms with Crippen molar-refractivity contribution in [3.8, 4) is 0 Å². The molecule has 0 fully saturated rings. The molecule has 2 heteroatoms. The maximum atomic E-state index is 4.40. The summed E-state index contributed by atoms with van der Waals surface area (Å²) in [5.74, 6) is 0.630. The van der Waals surface area contributed by atoms with Gasteiger partial charge in [-0.05, 0) is 19.3 Å². The summed E-state index contributed by atoms with van der Waals surface area (Å²) in [4.78, 5) is 4.40. The second-order valence-electron chi connectivity index (χ2n) is 2.60. The summed E-state index contributed by atoms with van der Waals surface area (Å²) in [5, 5.41) is 3.33. The standard InChI is InChI=1S/C8H13NS.C2H6/c1-4-6(2)8-5-10-7(3)9-8;1-2/h5-6H,4H2,1-3H3;1-2H3. The molecule has 1 aromatic heterocycles. The Labute approximate surface area is 79.9 Å². The van der Waals surface area contributed by atoms with E-state index in [9.17, 15) is 0 Å². The first-order valence-corrected chi connectivity index (χ1v) is 5.54. The van der Waals surface area contributed by atoms with E-state index >= 15 is 0 Å². The Morgan fingerprint density at radius 2 is 2.08 bits per heavy atom. The molecule has 0 aliphatic rings. The average Bonchev–Trinajstić information content (AvgIpc) is 2.54. The van der Waals surface area contributed by atoms with Crippen LogP contribution in [0.4, 0.5) is 0 Å². The Hall–Kier alpha value is -0.370. The van der Waals surface area contributed by atoms with Crippen LogP contribution in [0.5, 0.6) is 0 Å². The highest BCUT2D eigenvalue weighted by Gasteiger charge is 2.04. The van der Waals surface area contributed by atoms with Gasteiger partial charge in [0, 0.05) is 5.38 Å². The third-order valence-electron chi connectivity index (χ3n) is 1.75. The summed E-state index contributed by atoms with van der Waals surface area (Å²) < 4.78 is 0. The summed E-state index contributed by atoms with van der Waals surface area (Å²) in [7, 11) is 0. The molecule has 12 heavy (non-hydrogen) atoms. The SMILES string of the molecule is CC.CCC(C)c1csc(C)n1. The molecule has 0 aliphatic carbocycles. The van der Waals surface area contributed by atoms with E-state index in [0.29, 0.717) is 5.92 Å². The van der Waals surface area contributed by atoms with Crippen LogP contribution in [-0.2, 0) is 0 Å². The van der Waals surface area contributed by atoms with Crippen molar-refractivity contribution in [1.29, 1.82) is 0 Å². The van der Waals surface area contributed by atoms with Gasteiger partial charge < -0.3 is 0 Å². The van der Waals surface area contributed by atoms with Gasteiger partial charge in [0.15, 0.2) is 0 Å². The number of aryl methyl sites for hydroxylation is 1. The zero-order valence-corrected chi connectivity index (χ0v) is 9.53. The van der Waals surface area contributed by atoms with Crippen LogP contribution in [0.15, 0.2) is 5.38 Å².